The van der Waals surface area contributed by atoms with Crippen molar-refractivity contribution in [2.75, 3.05) is 0 Å². The summed E-state index contributed by atoms with van der Waals surface area (Å²) in [6.07, 6.45) is -5.63. The highest BCUT2D eigenvalue weighted by Crippen LogP contribution is 2.44. The highest BCUT2D eigenvalue weighted by molar-refractivity contribution is 6.08. The first kappa shape index (κ1) is 17.9. The molecular weight excluding hydrogens is 383 g/mol. The summed E-state index contributed by atoms with van der Waals surface area (Å²) in [4.78, 5) is 0. The van der Waals surface area contributed by atoms with Crippen molar-refractivity contribution in [1.82, 2.24) is 0 Å². The third-order valence-corrected chi connectivity index (χ3v) is 5.33. The van der Waals surface area contributed by atoms with E-state index in [1.165, 1.54) is 6.07 Å². The molecule has 5 rings (SSSR count). The van der Waals surface area contributed by atoms with Gasteiger partial charge in [-0.1, -0.05) is 36.4 Å². The minimum atomic E-state index is -5.63. The predicted molar refractivity (Wildman–Crippen MR) is 106 cm³/mol. The van der Waals surface area contributed by atoms with Gasteiger partial charge in [-0.3, -0.25) is 0 Å². The van der Waals surface area contributed by atoms with Gasteiger partial charge in [0, 0.05) is 5.56 Å². The van der Waals surface area contributed by atoms with Crippen molar-refractivity contribution in [1.29, 1.82) is 0 Å². The molecule has 5 heteroatoms. The molecule has 144 valence electrons. The number of alkyl halides is 5. The summed E-state index contributed by atoms with van der Waals surface area (Å²) in [6, 6.07) is 22.6. The molecule has 0 atom stereocenters. The van der Waals surface area contributed by atoms with Gasteiger partial charge >= 0.3 is 12.1 Å². The van der Waals surface area contributed by atoms with Gasteiger partial charge in [-0.25, -0.2) is 0 Å². The molecule has 0 aliphatic carbocycles. The van der Waals surface area contributed by atoms with Crippen molar-refractivity contribution in [2.45, 2.75) is 12.1 Å². The van der Waals surface area contributed by atoms with Crippen LogP contribution in [0.2, 0.25) is 0 Å². The van der Waals surface area contributed by atoms with Gasteiger partial charge in [0.15, 0.2) is 0 Å². The minimum Gasteiger partial charge on any atom is -0.191 e. The molecule has 0 fully saturated rings. The smallest absolute Gasteiger partial charge is 0.191 e. The van der Waals surface area contributed by atoms with Crippen LogP contribution in [0, 0.1) is 0 Å². The minimum absolute atomic E-state index is 0.346. The van der Waals surface area contributed by atoms with Crippen LogP contribution in [-0.4, -0.2) is 6.18 Å². The Bertz CT molecular complexity index is 1410. The molecule has 29 heavy (non-hydrogen) atoms. The summed E-state index contributed by atoms with van der Waals surface area (Å²) in [7, 11) is 0. The van der Waals surface area contributed by atoms with Crippen molar-refractivity contribution in [3.8, 4) is 0 Å². The fourth-order valence-electron chi connectivity index (χ4n) is 3.80. The SMILES string of the molecule is FC(F)(F)C(F)(F)c1ccc2cc3cc4cc5ccccc5cc4cc3cc2c1. The molecule has 0 spiro atoms. The van der Waals surface area contributed by atoms with Crippen LogP contribution in [0.15, 0.2) is 78.9 Å². The fraction of sp³-hybridized carbons (Fsp3) is 0.0833. The van der Waals surface area contributed by atoms with Crippen molar-refractivity contribution in [2.24, 2.45) is 0 Å². The van der Waals surface area contributed by atoms with E-state index < -0.39 is 17.7 Å². The first-order valence-electron chi connectivity index (χ1n) is 8.97. The van der Waals surface area contributed by atoms with Crippen LogP contribution in [0.3, 0.4) is 0 Å². The number of hydrogen-bond donors (Lipinski definition) is 0. The van der Waals surface area contributed by atoms with Crippen LogP contribution < -0.4 is 0 Å². The van der Waals surface area contributed by atoms with Gasteiger partial charge in [-0.2, -0.15) is 22.0 Å². The molecule has 5 aromatic rings. The lowest BCUT2D eigenvalue weighted by atomic mass is 9.96. The summed E-state index contributed by atoms with van der Waals surface area (Å²) < 4.78 is 65.6. The van der Waals surface area contributed by atoms with E-state index in [-0.39, 0.29) is 0 Å². The molecule has 0 unspecified atom stereocenters. The molecular formula is C24H13F5. The number of benzene rings is 5. The molecule has 0 saturated heterocycles. The number of hydrogen-bond acceptors (Lipinski definition) is 0. The molecule has 0 saturated carbocycles. The Morgan fingerprint density at radius 1 is 0.414 bits per heavy atom. The van der Waals surface area contributed by atoms with E-state index >= 15 is 0 Å². The predicted octanol–water partition coefficient (Wildman–Crippen LogP) is 7.95. The van der Waals surface area contributed by atoms with E-state index in [1.54, 1.807) is 6.07 Å². The highest BCUT2D eigenvalue weighted by atomic mass is 19.4. The van der Waals surface area contributed by atoms with Gasteiger partial charge in [0.25, 0.3) is 0 Å². The molecule has 5 aromatic carbocycles. The highest BCUT2D eigenvalue weighted by Gasteiger charge is 2.58. The summed E-state index contributed by atoms with van der Waals surface area (Å²) in [6.45, 7) is 0. The molecule has 0 radical (unpaired) electrons. The van der Waals surface area contributed by atoms with E-state index in [1.807, 2.05) is 48.5 Å². The van der Waals surface area contributed by atoms with Gasteiger partial charge in [-0.15, -0.1) is 0 Å². The van der Waals surface area contributed by atoms with E-state index in [9.17, 15) is 22.0 Å². The maximum absolute atomic E-state index is 13.7. The van der Waals surface area contributed by atoms with Crippen molar-refractivity contribution in [3.63, 3.8) is 0 Å². The number of rotatable bonds is 1. The number of halogens is 5. The molecule has 0 aliphatic rings. The third kappa shape index (κ3) is 2.80. The average Bonchev–Trinajstić information content (AvgIpc) is 2.67. The zero-order valence-electron chi connectivity index (χ0n) is 14.9. The Labute approximate surface area is 162 Å². The van der Waals surface area contributed by atoms with Gasteiger partial charge in [0.1, 0.15) is 0 Å². The molecule has 0 heterocycles. The first-order chi connectivity index (χ1) is 13.7. The zero-order valence-corrected chi connectivity index (χ0v) is 14.9. The Morgan fingerprint density at radius 2 is 0.793 bits per heavy atom. The topological polar surface area (TPSA) is 0 Å². The van der Waals surface area contributed by atoms with E-state index in [0.29, 0.717) is 10.8 Å². The van der Waals surface area contributed by atoms with Crippen molar-refractivity contribution in [3.05, 3.63) is 84.4 Å². The summed E-state index contributed by atoms with van der Waals surface area (Å²) in [5.74, 6) is -4.89. The summed E-state index contributed by atoms with van der Waals surface area (Å²) in [5.41, 5.74) is -1.05. The lowest BCUT2D eigenvalue weighted by Crippen LogP contribution is -2.33. The van der Waals surface area contributed by atoms with Crippen LogP contribution >= 0.6 is 0 Å². The lowest BCUT2D eigenvalue weighted by Gasteiger charge is -2.20. The standard InChI is InChI=1S/C24H13F5/c25-23(26,24(27,28)29)22-6-5-16-9-19-10-17-7-14-3-1-2-4-15(14)8-18(17)11-20(19)12-21(16)13-22/h1-13H. The van der Waals surface area contributed by atoms with Crippen molar-refractivity contribution >= 4 is 43.1 Å². The van der Waals surface area contributed by atoms with Crippen LogP contribution in [0.4, 0.5) is 22.0 Å². The van der Waals surface area contributed by atoms with Crippen molar-refractivity contribution < 1.29 is 22.0 Å². The Hall–Kier alpha value is -3.21. The van der Waals surface area contributed by atoms with E-state index in [4.69, 9.17) is 0 Å². The summed E-state index contributed by atoms with van der Waals surface area (Å²) in [5, 5.41) is 6.84. The quantitative estimate of drug-likeness (QED) is 0.199. The molecule has 0 bridgehead atoms. The maximum atomic E-state index is 13.7. The molecule has 0 aliphatic heterocycles. The lowest BCUT2D eigenvalue weighted by molar-refractivity contribution is -0.289. The van der Waals surface area contributed by atoms with Crippen LogP contribution in [0.5, 0.6) is 0 Å². The second-order valence-corrected chi connectivity index (χ2v) is 7.23. The van der Waals surface area contributed by atoms with Gasteiger partial charge in [0.2, 0.25) is 0 Å². The first-order valence-corrected chi connectivity index (χ1v) is 8.97. The normalized spacial score (nSPS) is 13.0. The zero-order chi connectivity index (χ0) is 20.4. The Balaban J connectivity index is 1.74. The van der Waals surface area contributed by atoms with Gasteiger partial charge in [-0.05, 0) is 85.6 Å². The fourth-order valence-corrected chi connectivity index (χ4v) is 3.80. The summed E-state index contributed by atoms with van der Waals surface area (Å²) >= 11 is 0. The van der Waals surface area contributed by atoms with E-state index in [2.05, 4.69) is 6.07 Å². The Morgan fingerprint density at radius 3 is 1.24 bits per heavy atom. The van der Waals surface area contributed by atoms with Gasteiger partial charge in [0.05, 0.1) is 0 Å². The van der Waals surface area contributed by atoms with E-state index in [0.717, 1.165) is 44.5 Å². The number of fused-ring (bicyclic) bond motifs is 4. The monoisotopic (exact) mass is 396 g/mol. The second-order valence-electron chi connectivity index (χ2n) is 7.23. The Kier molecular flexibility index (Phi) is 3.63. The molecule has 0 amide bonds. The third-order valence-electron chi connectivity index (χ3n) is 5.33. The van der Waals surface area contributed by atoms with Crippen LogP contribution in [0.1, 0.15) is 5.56 Å². The molecule has 0 N–H and O–H groups in total. The maximum Gasteiger partial charge on any atom is 0.458 e. The molecule has 0 nitrogen and oxygen atoms in total. The van der Waals surface area contributed by atoms with Crippen LogP contribution in [0.25, 0.3) is 43.1 Å². The average molecular weight is 396 g/mol. The van der Waals surface area contributed by atoms with Crippen LogP contribution in [-0.2, 0) is 5.92 Å². The molecule has 0 aromatic heterocycles. The van der Waals surface area contributed by atoms with Gasteiger partial charge < -0.3 is 0 Å². The second kappa shape index (κ2) is 5.89. The largest absolute Gasteiger partial charge is 0.458 e.